The van der Waals surface area contributed by atoms with Crippen LogP contribution in [0.25, 0.3) is 0 Å². The monoisotopic (exact) mass is 874 g/mol. The van der Waals surface area contributed by atoms with Gasteiger partial charge >= 0.3 is 27.6 Å². The molecule has 0 aromatic rings. The number of esters is 2. The van der Waals surface area contributed by atoms with Gasteiger partial charge in [-0.25, -0.2) is 9.13 Å². The van der Waals surface area contributed by atoms with Gasteiger partial charge in [-0.2, -0.15) is 0 Å². The van der Waals surface area contributed by atoms with Crippen LogP contribution >= 0.6 is 15.6 Å². The standard InChI is InChI=1S/C39H72O17P2/c1-4-5-13-19-31(40)23-24-36-34(35(42)25-39(45)56-36)20-15-11-12-17-22-38(44)55-33(29-54-58(49,50)53-27-32(41)26-52-57(46,47)48)28-51-37(43)21-16-10-8-6-7-9-14-18-30(2)3/h11,15,23-24,30-36,39-42,45H,4-10,12-14,16-22,25-29H2,1-3H3,(H,49,50)(H2,46,47,48)/b15-11-,24-23+/t31-,32-,33+,34-,35-,36+,39?/m0/s1. The predicted molar refractivity (Wildman–Crippen MR) is 215 cm³/mol. The average molecular weight is 875 g/mol. The molecule has 8 atom stereocenters. The van der Waals surface area contributed by atoms with Crippen LogP contribution < -0.4 is 0 Å². The molecule has 340 valence electrons. The van der Waals surface area contributed by atoms with Crippen molar-refractivity contribution in [1.29, 1.82) is 0 Å². The van der Waals surface area contributed by atoms with Crippen LogP contribution in [0, 0.1) is 11.8 Å². The molecule has 0 spiro atoms. The Bertz CT molecular complexity index is 1260. The lowest BCUT2D eigenvalue weighted by molar-refractivity contribution is -0.199. The van der Waals surface area contributed by atoms with E-state index in [0.717, 1.165) is 44.9 Å². The predicted octanol–water partition coefficient (Wildman–Crippen LogP) is 5.91. The number of hydrogen-bond donors (Lipinski definition) is 7. The Morgan fingerprint density at radius 2 is 1.40 bits per heavy atom. The second-order valence-electron chi connectivity index (χ2n) is 15.3. The number of aliphatic hydroxyl groups is 4. The highest BCUT2D eigenvalue weighted by Crippen LogP contribution is 2.44. The molecule has 0 aliphatic carbocycles. The number of hydrogen-bond acceptors (Lipinski definition) is 14. The van der Waals surface area contributed by atoms with Gasteiger partial charge in [0.15, 0.2) is 12.4 Å². The fourth-order valence-electron chi connectivity index (χ4n) is 6.04. The van der Waals surface area contributed by atoms with Crippen LogP contribution in [-0.4, -0.2) is 110 Å². The lowest BCUT2D eigenvalue weighted by Gasteiger charge is -2.36. The smallest absolute Gasteiger partial charge is 0.462 e. The van der Waals surface area contributed by atoms with Crippen LogP contribution in [-0.2, 0) is 46.5 Å². The molecule has 58 heavy (non-hydrogen) atoms. The number of unbranched alkanes of at least 4 members (excludes halogenated alkanes) is 9. The van der Waals surface area contributed by atoms with Crippen LogP contribution in [0.1, 0.15) is 136 Å². The van der Waals surface area contributed by atoms with E-state index >= 15 is 0 Å². The third kappa shape index (κ3) is 29.6. The van der Waals surface area contributed by atoms with Crippen molar-refractivity contribution in [2.24, 2.45) is 11.8 Å². The molecule has 1 saturated heterocycles. The molecule has 7 N–H and O–H groups in total. The second kappa shape index (κ2) is 31.3. The van der Waals surface area contributed by atoms with Crippen molar-refractivity contribution in [2.75, 3.05) is 26.4 Å². The molecule has 1 rings (SSSR count). The lowest BCUT2D eigenvalue weighted by Crippen LogP contribution is -2.43. The average Bonchev–Trinajstić information content (AvgIpc) is 3.14. The minimum absolute atomic E-state index is 0.0564. The summed E-state index contributed by atoms with van der Waals surface area (Å²) in [5.74, 6) is -0.896. The van der Waals surface area contributed by atoms with E-state index in [-0.39, 0.29) is 25.2 Å². The summed E-state index contributed by atoms with van der Waals surface area (Å²) in [6, 6.07) is 0. The summed E-state index contributed by atoms with van der Waals surface area (Å²) in [6.07, 6.45) is 14.0. The van der Waals surface area contributed by atoms with Gasteiger partial charge < -0.3 is 49.3 Å². The Hall–Kier alpha value is -1.56. The molecule has 1 aliphatic heterocycles. The highest BCUT2D eigenvalue weighted by molar-refractivity contribution is 7.47. The van der Waals surface area contributed by atoms with Crippen LogP contribution in [0.2, 0.25) is 0 Å². The number of carbonyl (C=O) groups excluding carboxylic acids is 2. The Kier molecular flexibility index (Phi) is 29.4. The maximum absolute atomic E-state index is 12.8. The summed E-state index contributed by atoms with van der Waals surface area (Å²) in [6.45, 7) is 3.54. The second-order valence-corrected chi connectivity index (χ2v) is 18.0. The van der Waals surface area contributed by atoms with Gasteiger partial charge in [0.2, 0.25) is 0 Å². The van der Waals surface area contributed by atoms with Gasteiger partial charge in [0.1, 0.15) is 12.7 Å². The first kappa shape index (κ1) is 54.5. The van der Waals surface area contributed by atoms with E-state index in [1.807, 2.05) is 12.2 Å². The van der Waals surface area contributed by atoms with E-state index in [4.69, 9.17) is 28.5 Å². The zero-order chi connectivity index (χ0) is 43.4. The fourth-order valence-corrected chi connectivity index (χ4v) is 7.20. The SMILES string of the molecule is CCCCC[C@H](O)/C=C/[C@H]1OC(O)C[C@H](O)[C@@H]1C/C=C\CCCC(=O)O[C@H](COC(=O)CCCCCCCCCC(C)C)COP(=O)(O)OC[C@@H](O)COP(=O)(O)O. The first-order chi connectivity index (χ1) is 27.4. The third-order valence-corrected chi connectivity index (χ3v) is 10.7. The Labute approximate surface area is 344 Å². The molecule has 17 nitrogen and oxygen atoms in total. The highest BCUT2D eigenvalue weighted by Gasteiger charge is 2.35. The molecule has 19 heteroatoms. The maximum Gasteiger partial charge on any atom is 0.472 e. The molecule has 1 aliphatic rings. The molecule has 1 heterocycles. The van der Waals surface area contributed by atoms with Gasteiger partial charge in [0.25, 0.3) is 0 Å². The number of aliphatic hydroxyl groups excluding tert-OH is 4. The van der Waals surface area contributed by atoms with Gasteiger partial charge in [-0.05, 0) is 38.0 Å². The lowest BCUT2D eigenvalue weighted by atomic mass is 9.87. The molecule has 0 amide bonds. The van der Waals surface area contributed by atoms with E-state index in [0.29, 0.717) is 38.0 Å². The number of allylic oxidation sites excluding steroid dienone is 2. The summed E-state index contributed by atoms with van der Waals surface area (Å²) in [5, 5.41) is 40.7. The zero-order valence-electron chi connectivity index (χ0n) is 34.6. The van der Waals surface area contributed by atoms with Crippen molar-refractivity contribution >= 4 is 27.6 Å². The van der Waals surface area contributed by atoms with Crippen LogP contribution in [0.5, 0.6) is 0 Å². The number of rotatable bonds is 34. The number of phosphoric acid groups is 2. The van der Waals surface area contributed by atoms with Gasteiger partial charge in [0, 0.05) is 25.2 Å². The van der Waals surface area contributed by atoms with E-state index in [9.17, 15) is 44.0 Å². The summed E-state index contributed by atoms with van der Waals surface area (Å²) in [7, 11) is -9.78. The van der Waals surface area contributed by atoms with Crippen LogP contribution in [0.3, 0.4) is 0 Å². The molecule has 1 fully saturated rings. The van der Waals surface area contributed by atoms with Crippen molar-refractivity contribution < 1.29 is 81.6 Å². The van der Waals surface area contributed by atoms with Gasteiger partial charge in [-0.15, -0.1) is 0 Å². The number of carbonyl (C=O) groups is 2. The van der Waals surface area contributed by atoms with Crippen molar-refractivity contribution in [1.82, 2.24) is 0 Å². The van der Waals surface area contributed by atoms with E-state index < -0.39 is 90.8 Å². The first-order valence-corrected chi connectivity index (χ1v) is 23.8. The van der Waals surface area contributed by atoms with Crippen LogP contribution in [0.4, 0.5) is 0 Å². The fraction of sp³-hybridized carbons (Fsp3) is 0.846. The Morgan fingerprint density at radius 1 is 0.776 bits per heavy atom. The summed E-state index contributed by atoms with van der Waals surface area (Å²) >= 11 is 0. The van der Waals surface area contributed by atoms with Crippen molar-refractivity contribution in [3.63, 3.8) is 0 Å². The van der Waals surface area contributed by atoms with Crippen molar-refractivity contribution in [3.8, 4) is 0 Å². The van der Waals surface area contributed by atoms with Crippen LogP contribution in [0.15, 0.2) is 24.3 Å². The first-order valence-electron chi connectivity index (χ1n) is 20.8. The third-order valence-electron chi connectivity index (χ3n) is 9.31. The van der Waals surface area contributed by atoms with E-state index in [1.54, 1.807) is 12.2 Å². The summed E-state index contributed by atoms with van der Waals surface area (Å²) < 4.78 is 53.3. The van der Waals surface area contributed by atoms with E-state index in [2.05, 4.69) is 29.8 Å². The van der Waals surface area contributed by atoms with Gasteiger partial charge in [-0.3, -0.25) is 23.2 Å². The van der Waals surface area contributed by atoms with Crippen molar-refractivity contribution in [2.45, 2.75) is 173 Å². The largest absolute Gasteiger partial charge is 0.472 e. The Morgan fingerprint density at radius 3 is 2.07 bits per heavy atom. The minimum atomic E-state index is -4.90. The number of ether oxygens (including phenoxy) is 3. The molecule has 0 saturated carbocycles. The van der Waals surface area contributed by atoms with Crippen molar-refractivity contribution in [3.05, 3.63) is 24.3 Å². The molecule has 0 aromatic carbocycles. The molecule has 0 aromatic heterocycles. The highest BCUT2D eigenvalue weighted by atomic mass is 31.2. The molecule has 2 unspecified atom stereocenters. The summed E-state index contributed by atoms with van der Waals surface area (Å²) in [4.78, 5) is 52.8. The zero-order valence-corrected chi connectivity index (χ0v) is 36.4. The van der Waals surface area contributed by atoms with Gasteiger partial charge in [-0.1, -0.05) is 109 Å². The van der Waals surface area contributed by atoms with Gasteiger partial charge in [0.05, 0.1) is 38.1 Å². The molecular weight excluding hydrogens is 802 g/mol. The molecule has 0 radical (unpaired) electrons. The number of phosphoric ester groups is 2. The summed E-state index contributed by atoms with van der Waals surface area (Å²) in [5.41, 5.74) is 0. The molecular formula is C39H72O17P2. The van der Waals surface area contributed by atoms with E-state index in [1.165, 1.54) is 19.3 Å². The topological polar surface area (TPSA) is 265 Å². The normalized spacial score (nSPS) is 21.6. The minimum Gasteiger partial charge on any atom is -0.462 e. The quantitative estimate of drug-likeness (QED) is 0.0171. The maximum atomic E-state index is 12.8. The molecule has 0 bridgehead atoms. The Balaban J connectivity index is 2.66.